The van der Waals surface area contributed by atoms with Gasteiger partial charge in [0.25, 0.3) is 0 Å². The van der Waals surface area contributed by atoms with E-state index in [2.05, 4.69) is 22.3 Å². The molecule has 3 aromatic rings. The summed E-state index contributed by atoms with van der Waals surface area (Å²) in [5.74, 6) is 0.719. The van der Waals surface area contributed by atoms with Crippen molar-refractivity contribution in [3.8, 4) is 5.88 Å². The van der Waals surface area contributed by atoms with Gasteiger partial charge in [-0.2, -0.15) is 0 Å². The highest BCUT2D eigenvalue weighted by molar-refractivity contribution is 6.30. The third-order valence-electron chi connectivity index (χ3n) is 6.13. The Balaban J connectivity index is 1.16. The third kappa shape index (κ3) is 6.71. The van der Waals surface area contributed by atoms with Crippen LogP contribution in [0.25, 0.3) is 10.9 Å². The van der Waals surface area contributed by atoms with Gasteiger partial charge in [-0.3, -0.25) is 4.68 Å². The quantitative estimate of drug-likeness (QED) is 0.353. The molecule has 1 N–H and O–H groups in total. The molecule has 0 unspecified atom stereocenters. The minimum Gasteiger partial charge on any atom is -0.476 e. The minimum atomic E-state index is 0.671. The number of aromatic nitrogens is 2. The zero-order valence-corrected chi connectivity index (χ0v) is 19.7. The topological polar surface area (TPSA) is 42.3 Å². The zero-order chi connectivity index (χ0) is 22.0. The van der Waals surface area contributed by atoms with Crippen LogP contribution < -0.4 is 10.1 Å². The number of fused-ring (bicyclic) bond motifs is 1. The third-order valence-corrected chi connectivity index (χ3v) is 6.38. The second-order valence-corrected chi connectivity index (χ2v) is 9.10. The van der Waals surface area contributed by atoms with Gasteiger partial charge in [-0.1, -0.05) is 42.3 Å². The van der Waals surface area contributed by atoms with Crippen LogP contribution in [0, 0.1) is 0 Å². The molecular formula is C26H35ClN4O. The molecule has 5 nitrogen and oxygen atoms in total. The molecule has 1 fully saturated rings. The number of hydrogen-bond donors (Lipinski definition) is 1. The fourth-order valence-corrected chi connectivity index (χ4v) is 4.47. The molecule has 1 saturated heterocycles. The molecule has 0 radical (unpaired) electrons. The Kier molecular flexibility index (Phi) is 8.83. The number of nitrogens with zero attached hydrogens (tertiary/aromatic N) is 3. The molecular weight excluding hydrogens is 420 g/mol. The second kappa shape index (κ2) is 12.2. The van der Waals surface area contributed by atoms with Gasteiger partial charge in [-0.25, -0.2) is 0 Å². The molecule has 2 aromatic carbocycles. The van der Waals surface area contributed by atoms with Crippen molar-refractivity contribution in [2.45, 2.75) is 45.1 Å². The summed E-state index contributed by atoms with van der Waals surface area (Å²) in [7, 11) is 0. The molecule has 0 atom stereocenters. The summed E-state index contributed by atoms with van der Waals surface area (Å²) < 4.78 is 8.07. The summed E-state index contributed by atoms with van der Waals surface area (Å²) >= 11 is 6.01. The van der Waals surface area contributed by atoms with Gasteiger partial charge in [0.05, 0.1) is 24.1 Å². The maximum Gasteiger partial charge on any atom is 0.240 e. The van der Waals surface area contributed by atoms with Crippen LogP contribution in [0.2, 0.25) is 5.02 Å². The number of hydrogen-bond acceptors (Lipinski definition) is 4. The Morgan fingerprint density at radius 1 is 0.906 bits per heavy atom. The molecule has 32 heavy (non-hydrogen) atoms. The summed E-state index contributed by atoms with van der Waals surface area (Å²) in [4.78, 5) is 2.60. The molecule has 6 heteroatoms. The molecule has 0 spiro atoms. The molecule has 0 amide bonds. The van der Waals surface area contributed by atoms with Crippen molar-refractivity contribution in [1.29, 1.82) is 0 Å². The van der Waals surface area contributed by atoms with Crippen molar-refractivity contribution in [2.75, 3.05) is 39.3 Å². The van der Waals surface area contributed by atoms with Crippen LogP contribution in [0.4, 0.5) is 0 Å². The Morgan fingerprint density at radius 2 is 1.69 bits per heavy atom. The first kappa shape index (κ1) is 23.1. The van der Waals surface area contributed by atoms with Gasteiger partial charge in [0.1, 0.15) is 0 Å². The lowest BCUT2D eigenvalue weighted by molar-refractivity contribution is 0.295. The first-order valence-corrected chi connectivity index (χ1v) is 12.4. The summed E-state index contributed by atoms with van der Waals surface area (Å²) in [6, 6.07) is 16.2. The fraction of sp³-hybridized carbons (Fsp3) is 0.500. The van der Waals surface area contributed by atoms with Gasteiger partial charge in [-0.15, -0.1) is 5.10 Å². The largest absolute Gasteiger partial charge is 0.476 e. The molecule has 0 aliphatic carbocycles. The number of para-hydroxylation sites is 1. The Bertz CT molecular complexity index is 950. The average molecular weight is 455 g/mol. The molecule has 0 bridgehead atoms. The maximum atomic E-state index is 6.06. The first-order valence-electron chi connectivity index (χ1n) is 12.1. The number of nitrogens with one attached hydrogen (secondary N) is 1. The second-order valence-electron chi connectivity index (χ2n) is 8.67. The van der Waals surface area contributed by atoms with E-state index in [-0.39, 0.29) is 0 Å². The maximum absolute atomic E-state index is 6.06. The Hall–Kier alpha value is -2.08. The van der Waals surface area contributed by atoms with Crippen LogP contribution >= 0.6 is 11.6 Å². The van der Waals surface area contributed by atoms with E-state index in [4.69, 9.17) is 21.4 Å². The fourth-order valence-electron chi connectivity index (χ4n) is 4.35. The molecule has 1 aliphatic rings. The van der Waals surface area contributed by atoms with Gasteiger partial charge in [0.2, 0.25) is 5.88 Å². The van der Waals surface area contributed by atoms with Gasteiger partial charge >= 0.3 is 0 Å². The van der Waals surface area contributed by atoms with Crippen LogP contribution in [-0.4, -0.2) is 54.0 Å². The molecule has 0 saturated carbocycles. The number of unbranched alkanes of at least 4 members (excludes halogenated alkanes) is 2. The van der Waals surface area contributed by atoms with Crippen molar-refractivity contribution in [2.24, 2.45) is 0 Å². The van der Waals surface area contributed by atoms with Gasteiger partial charge in [0, 0.05) is 5.02 Å². The number of halogens is 1. The smallest absolute Gasteiger partial charge is 0.240 e. The predicted molar refractivity (Wildman–Crippen MR) is 133 cm³/mol. The summed E-state index contributed by atoms with van der Waals surface area (Å²) in [5.41, 5.74) is 2.25. The molecule has 1 aliphatic heterocycles. The zero-order valence-electron chi connectivity index (χ0n) is 18.9. The van der Waals surface area contributed by atoms with E-state index in [0.29, 0.717) is 13.2 Å². The summed E-state index contributed by atoms with van der Waals surface area (Å²) in [5, 5.41) is 10.1. The van der Waals surface area contributed by atoms with Crippen LogP contribution in [0.1, 0.15) is 44.1 Å². The highest BCUT2D eigenvalue weighted by Gasteiger charge is 2.12. The lowest BCUT2D eigenvalue weighted by Gasteiger charge is -2.13. The number of benzene rings is 2. The standard InChI is InChI=1S/C26H35ClN4O/c27-23-13-11-22(12-14-23)21-31-25-10-3-2-9-24(25)26(29-31)32-20-8-16-28-15-4-1-5-17-30-18-6-7-19-30/h2-3,9-14,28H,1,4-8,15-21H2. The number of rotatable bonds is 13. The normalized spacial score (nSPS) is 14.4. The lowest BCUT2D eigenvalue weighted by Crippen LogP contribution is -2.21. The van der Waals surface area contributed by atoms with E-state index in [0.717, 1.165) is 41.3 Å². The number of ether oxygens (including phenoxy) is 1. The average Bonchev–Trinajstić information content (AvgIpc) is 3.45. The van der Waals surface area contributed by atoms with Crippen LogP contribution in [-0.2, 0) is 6.54 Å². The molecule has 172 valence electrons. The Morgan fingerprint density at radius 3 is 2.53 bits per heavy atom. The van der Waals surface area contributed by atoms with Gasteiger partial charge in [-0.05, 0) is 94.7 Å². The minimum absolute atomic E-state index is 0.671. The van der Waals surface area contributed by atoms with E-state index in [1.165, 1.54) is 57.3 Å². The van der Waals surface area contributed by atoms with Crippen LogP contribution in [0.5, 0.6) is 5.88 Å². The number of likely N-dealkylation sites (tertiary alicyclic amines) is 1. The summed E-state index contributed by atoms with van der Waals surface area (Å²) in [6.45, 7) is 7.35. The van der Waals surface area contributed by atoms with E-state index in [9.17, 15) is 0 Å². The Labute approximate surface area is 196 Å². The highest BCUT2D eigenvalue weighted by Crippen LogP contribution is 2.25. The van der Waals surface area contributed by atoms with E-state index in [1.54, 1.807) is 0 Å². The monoisotopic (exact) mass is 454 g/mol. The lowest BCUT2D eigenvalue weighted by atomic mass is 10.2. The highest BCUT2D eigenvalue weighted by atomic mass is 35.5. The molecule has 4 rings (SSSR count). The van der Waals surface area contributed by atoms with Crippen molar-refractivity contribution >= 4 is 22.5 Å². The summed E-state index contributed by atoms with van der Waals surface area (Å²) in [6.07, 6.45) is 7.66. The van der Waals surface area contributed by atoms with Gasteiger partial charge < -0.3 is 15.0 Å². The van der Waals surface area contributed by atoms with E-state index >= 15 is 0 Å². The van der Waals surface area contributed by atoms with Crippen molar-refractivity contribution in [3.05, 3.63) is 59.1 Å². The SMILES string of the molecule is Clc1ccc(Cn2nc(OCCCNCCCCCN3CCCC3)c3ccccc32)cc1. The van der Waals surface area contributed by atoms with Crippen molar-refractivity contribution in [3.63, 3.8) is 0 Å². The van der Waals surface area contributed by atoms with Crippen LogP contribution in [0.3, 0.4) is 0 Å². The van der Waals surface area contributed by atoms with Gasteiger partial charge in [0.15, 0.2) is 0 Å². The first-order chi connectivity index (χ1) is 15.8. The van der Waals surface area contributed by atoms with Crippen LogP contribution in [0.15, 0.2) is 48.5 Å². The molecule has 1 aromatic heterocycles. The van der Waals surface area contributed by atoms with E-state index in [1.807, 2.05) is 41.1 Å². The van der Waals surface area contributed by atoms with Crippen molar-refractivity contribution in [1.82, 2.24) is 20.0 Å². The van der Waals surface area contributed by atoms with Crippen molar-refractivity contribution < 1.29 is 4.74 Å². The predicted octanol–water partition coefficient (Wildman–Crippen LogP) is 5.36. The molecule has 2 heterocycles. The van der Waals surface area contributed by atoms with E-state index < -0.39 is 0 Å².